The lowest BCUT2D eigenvalue weighted by molar-refractivity contribution is 0.0853. The van der Waals surface area contributed by atoms with Crippen LogP contribution in [-0.2, 0) is 18.2 Å². The molecule has 0 radical (unpaired) electrons. The fourth-order valence-electron chi connectivity index (χ4n) is 5.84. The van der Waals surface area contributed by atoms with Crippen LogP contribution in [0.4, 0.5) is 20.2 Å². The maximum Gasteiger partial charge on any atom is 0.264 e. The highest BCUT2D eigenvalue weighted by atomic mass is 127. The van der Waals surface area contributed by atoms with Gasteiger partial charge in [0, 0.05) is 67.0 Å². The Bertz CT molecular complexity index is 1520. The van der Waals surface area contributed by atoms with Gasteiger partial charge >= 0.3 is 0 Å². The molecule has 2 aromatic carbocycles. The van der Waals surface area contributed by atoms with Crippen LogP contribution in [0.15, 0.2) is 46.1 Å². The summed E-state index contributed by atoms with van der Waals surface area (Å²) in [6.45, 7) is 3.93. The molecule has 10 heteroatoms. The van der Waals surface area contributed by atoms with Gasteiger partial charge in [0.2, 0.25) is 0 Å². The lowest BCUT2D eigenvalue weighted by Crippen LogP contribution is -2.27. The van der Waals surface area contributed by atoms with Crippen LogP contribution in [0.5, 0.6) is 0 Å². The number of fused-ring (bicyclic) bond motifs is 2. The van der Waals surface area contributed by atoms with Crippen molar-refractivity contribution in [3.63, 3.8) is 0 Å². The van der Waals surface area contributed by atoms with E-state index in [1.54, 1.807) is 23.9 Å². The van der Waals surface area contributed by atoms with E-state index in [-0.39, 0.29) is 17.5 Å². The zero-order chi connectivity index (χ0) is 27.7. The van der Waals surface area contributed by atoms with Crippen molar-refractivity contribution in [3.05, 3.63) is 74.7 Å². The first-order valence-corrected chi connectivity index (χ1v) is 17.2. The van der Waals surface area contributed by atoms with Crippen molar-refractivity contribution in [2.75, 3.05) is 24.7 Å². The third-order valence-electron chi connectivity index (χ3n) is 7.85. The standard InChI is InChI=1S/C29H32F2IN4O2P/c1-17-10-24-26(35(2)29(17)37)12-20(18-5-8-38-9-6-18)13-27(24)36-7-3-4-19-11-22(21(15-33)16-34-39-32)23(28(30)31)14-25(19)36/h10-16,18,28,39H,3-9,33H2,1-2H3/b21-15+,34-16+. The van der Waals surface area contributed by atoms with Gasteiger partial charge in [0.15, 0.2) is 0 Å². The average Bonchev–Trinajstić information content (AvgIpc) is 2.95. The molecule has 5 rings (SSSR count). The normalized spacial score (nSPS) is 17.3. The molecule has 2 aliphatic rings. The number of anilines is 2. The maximum absolute atomic E-state index is 14.5. The fraction of sp³-hybridized carbons (Fsp3) is 0.379. The van der Waals surface area contributed by atoms with Crippen molar-refractivity contribution in [2.45, 2.75) is 45.0 Å². The Labute approximate surface area is 241 Å². The summed E-state index contributed by atoms with van der Waals surface area (Å²) in [4.78, 5) is 15.1. The first-order valence-electron chi connectivity index (χ1n) is 13.1. The van der Waals surface area contributed by atoms with Crippen LogP contribution in [-0.4, -0.2) is 30.5 Å². The number of nitrogens with two attached hydrogens (primary N) is 1. The predicted octanol–water partition coefficient (Wildman–Crippen LogP) is 7.08. The number of aromatic nitrogens is 1. The molecule has 2 aliphatic heterocycles. The number of benzene rings is 2. The summed E-state index contributed by atoms with van der Waals surface area (Å²) in [7, 11) is 1.80. The monoisotopic (exact) mass is 664 g/mol. The SMILES string of the molecule is Cc1cc2c(N3CCCc4cc(C(=C/N)/C=N/PI)c(C(F)F)cc43)cc(C3CCOCC3)cc2n(C)c1=O. The van der Waals surface area contributed by atoms with Crippen LogP contribution in [0.3, 0.4) is 0 Å². The topological polar surface area (TPSA) is 72.8 Å². The largest absolute Gasteiger partial charge is 0.404 e. The Morgan fingerprint density at radius 3 is 2.67 bits per heavy atom. The van der Waals surface area contributed by atoms with E-state index in [1.807, 2.05) is 19.1 Å². The van der Waals surface area contributed by atoms with Gasteiger partial charge in [-0.1, -0.05) is 0 Å². The Morgan fingerprint density at radius 2 is 1.97 bits per heavy atom. The highest BCUT2D eigenvalue weighted by Crippen LogP contribution is 2.43. The number of rotatable bonds is 6. The van der Waals surface area contributed by atoms with Crippen LogP contribution in [0.25, 0.3) is 16.5 Å². The molecule has 1 aromatic heterocycles. The molecule has 0 amide bonds. The second-order valence-electron chi connectivity index (χ2n) is 10.1. The minimum absolute atomic E-state index is 0.0314. The van der Waals surface area contributed by atoms with Gasteiger partial charge in [-0.05, 0) is 108 Å². The second kappa shape index (κ2) is 12.0. The Hall–Kier alpha value is -2.36. The quantitative estimate of drug-likeness (QED) is 0.174. The molecule has 1 unspecified atom stereocenters. The molecule has 1 atom stereocenters. The summed E-state index contributed by atoms with van der Waals surface area (Å²) < 4.78 is 40.5. The Balaban J connectivity index is 1.73. The fourth-order valence-corrected chi connectivity index (χ4v) is 6.44. The Kier molecular flexibility index (Phi) is 8.69. The third kappa shape index (κ3) is 5.50. The summed E-state index contributed by atoms with van der Waals surface area (Å²) >= 11 is 2.13. The zero-order valence-electron chi connectivity index (χ0n) is 22.0. The first-order chi connectivity index (χ1) is 18.8. The molecular weight excluding hydrogens is 632 g/mol. The van der Waals surface area contributed by atoms with E-state index >= 15 is 0 Å². The van der Waals surface area contributed by atoms with E-state index in [2.05, 4.69) is 43.8 Å². The van der Waals surface area contributed by atoms with Gasteiger partial charge in [0.05, 0.1) is 17.6 Å². The van der Waals surface area contributed by atoms with E-state index in [9.17, 15) is 13.6 Å². The van der Waals surface area contributed by atoms with Crippen molar-refractivity contribution in [2.24, 2.45) is 17.5 Å². The number of nitrogens with zero attached hydrogens (tertiary/aromatic N) is 3. The van der Waals surface area contributed by atoms with E-state index in [1.165, 1.54) is 6.20 Å². The Morgan fingerprint density at radius 1 is 1.21 bits per heavy atom. The van der Waals surface area contributed by atoms with Crippen LogP contribution >= 0.6 is 28.4 Å². The van der Waals surface area contributed by atoms with Crippen LogP contribution in [0.1, 0.15) is 59.4 Å². The van der Waals surface area contributed by atoms with Crippen molar-refractivity contribution >= 4 is 62.5 Å². The predicted molar refractivity (Wildman–Crippen MR) is 166 cm³/mol. The molecule has 1 saturated heterocycles. The van der Waals surface area contributed by atoms with Gasteiger partial charge in [-0.3, -0.25) is 9.56 Å². The number of pyridine rings is 1. The molecule has 0 aliphatic carbocycles. The number of aryl methyl sites for hydroxylation is 3. The number of halogens is 3. The molecule has 206 valence electrons. The minimum atomic E-state index is -2.67. The number of hydrogen-bond acceptors (Lipinski definition) is 5. The van der Waals surface area contributed by atoms with Crippen molar-refractivity contribution in [3.8, 4) is 0 Å². The molecule has 3 heterocycles. The molecule has 0 bridgehead atoms. The van der Waals surface area contributed by atoms with Crippen LogP contribution < -0.4 is 16.2 Å². The summed E-state index contributed by atoms with van der Waals surface area (Å²) in [5, 5.41) is 0.943. The maximum atomic E-state index is 14.5. The number of hydrogen-bond donors (Lipinski definition) is 1. The average molecular weight is 664 g/mol. The van der Waals surface area contributed by atoms with Crippen molar-refractivity contribution < 1.29 is 13.5 Å². The molecule has 6 nitrogen and oxygen atoms in total. The van der Waals surface area contributed by atoms with Gasteiger partial charge in [-0.15, -0.1) is 0 Å². The van der Waals surface area contributed by atoms with Crippen molar-refractivity contribution in [1.82, 2.24) is 4.57 Å². The van der Waals surface area contributed by atoms with Crippen LogP contribution in [0, 0.1) is 6.92 Å². The smallest absolute Gasteiger partial charge is 0.264 e. The van der Waals surface area contributed by atoms with Gasteiger partial charge in [-0.25, -0.2) is 8.78 Å². The lowest BCUT2D eigenvalue weighted by atomic mass is 9.88. The summed E-state index contributed by atoms with van der Waals surface area (Å²) in [5.41, 5.74) is 12.1. The number of ether oxygens (including phenoxy) is 1. The number of allylic oxidation sites excluding steroid dienone is 1. The van der Waals surface area contributed by atoms with Gasteiger partial charge < -0.3 is 19.9 Å². The molecule has 0 spiro atoms. The first kappa shape index (κ1) is 28.2. The molecule has 3 aromatic rings. The third-order valence-corrected chi connectivity index (χ3v) is 8.92. The summed E-state index contributed by atoms with van der Waals surface area (Å²) in [5.74, 6) is 0.316. The highest BCUT2D eigenvalue weighted by molar-refractivity contribution is 14.2. The minimum Gasteiger partial charge on any atom is -0.404 e. The molecule has 1 fully saturated rings. The summed E-state index contributed by atoms with van der Waals surface area (Å²) in [6, 6.07) is 9.75. The van der Waals surface area contributed by atoms with E-state index in [4.69, 9.17) is 10.5 Å². The van der Waals surface area contributed by atoms with Gasteiger partial charge in [0.1, 0.15) is 0 Å². The molecule has 0 saturated carbocycles. The zero-order valence-corrected chi connectivity index (χ0v) is 25.2. The van der Waals surface area contributed by atoms with E-state index in [0.29, 0.717) is 42.4 Å². The summed E-state index contributed by atoms with van der Waals surface area (Å²) in [6.07, 6.45) is 4.00. The highest BCUT2D eigenvalue weighted by Gasteiger charge is 2.27. The van der Waals surface area contributed by atoms with Gasteiger partial charge in [-0.2, -0.15) is 0 Å². The van der Waals surface area contributed by atoms with Crippen LogP contribution in [0.2, 0.25) is 0 Å². The molecular formula is C29H32F2IN4O2P. The molecule has 39 heavy (non-hydrogen) atoms. The molecule has 2 N–H and O–H groups in total. The number of alkyl halides is 2. The van der Waals surface area contributed by atoms with E-state index in [0.717, 1.165) is 59.1 Å². The lowest BCUT2D eigenvalue weighted by Gasteiger charge is -2.34. The van der Waals surface area contributed by atoms with Crippen molar-refractivity contribution in [1.29, 1.82) is 0 Å². The second-order valence-corrected chi connectivity index (χ2v) is 12.0. The van der Waals surface area contributed by atoms with E-state index < -0.39 is 6.43 Å². The van der Waals surface area contributed by atoms with Gasteiger partial charge in [0.25, 0.3) is 12.0 Å².